The number of allylic oxidation sites excluding steroid dienone is 4. The van der Waals surface area contributed by atoms with Crippen molar-refractivity contribution < 1.29 is 4.79 Å². The van der Waals surface area contributed by atoms with Gasteiger partial charge in [0.2, 0.25) is 5.91 Å². The maximum Gasteiger partial charge on any atom is 0.248 e. The molecule has 1 amide bonds. The summed E-state index contributed by atoms with van der Waals surface area (Å²) in [5.41, 5.74) is 6.18. The van der Waals surface area contributed by atoms with Gasteiger partial charge >= 0.3 is 0 Å². The molecule has 0 saturated heterocycles. The highest BCUT2D eigenvalue weighted by molar-refractivity contribution is 5.95. The van der Waals surface area contributed by atoms with E-state index in [-0.39, 0.29) is 5.91 Å². The molecule has 38 heavy (non-hydrogen) atoms. The minimum atomic E-state index is -0.332. The summed E-state index contributed by atoms with van der Waals surface area (Å²) in [7, 11) is 0. The molecule has 2 nitrogen and oxygen atoms in total. The maximum absolute atomic E-state index is 11.7. The summed E-state index contributed by atoms with van der Waals surface area (Å²) in [6.07, 6.45) is 46.7. The van der Waals surface area contributed by atoms with E-state index in [0.29, 0.717) is 5.57 Å². The third-order valence-electron chi connectivity index (χ3n) is 7.69. The fourth-order valence-corrected chi connectivity index (χ4v) is 5.08. The van der Waals surface area contributed by atoms with Crippen molar-refractivity contribution in [2.24, 2.45) is 5.73 Å². The average molecular weight is 530 g/mol. The molecule has 0 bridgehead atoms. The van der Waals surface area contributed by atoms with Crippen molar-refractivity contribution in [1.82, 2.24) is 0 Å². The number of rotatable bonds is 30. The first-order chi connectivity index (χ1) is 18.7. The van der Waals surface area contributed by atoms with Crippen LogP contribution in [0.5, 0.6) is 0 Å². The van der Waals surface area contributed by atoms with Gasteiger partial charge in [0.05, 0.1) is 0 Å². The van der Waals surface area contributed by atoms with Crippen molar-refractivity contribution in [2.45, 2.75) is 187 Å². The second-order valence-electron chi connectivity index (χ2n) is 11.5. The molecule has 0 aromatic heterocycles. The molecule has 222 valence electrons. The molecule has 0 saturated carbocycles. The Morgan fingerprint density at radius 3 is 1.13 bits per heavy atom. The lowest BCUT2D eigenvalue weighted by molar-refractivity contribution is -0.114. The fraction of sp³-hybridized carbons (Fsp3) is 0.806. The van der Waals surface area contributed by atoms with E-state index in [9.17, 15) is 4.79 Å². The first-order valence-corrected chi connectivity index (χ1v) is 17.1. The van der Waals surface area contributed by atoms with E-state index in [1.54, 1.807) is 0 Å². The van der Waals surface area contributed by atoms with E-state index in [1.165, 1.54) is 161 Å². The van der Waals surface area contributed by atoms with Crippen LogP contribution < -0.4 is 5.73 Å². The quantitative estimate of drug-likeness (QED) is 0.0561. The minimum Gasteiger partial charge on any atom is -0.366 e. The van der Waals surface area contributed by atoms with Crippen LogP contribution in [0.4, 0.5) is 0 Å². The van der Waals surface area contributed by atoms with Crippen LogP contribution in [0.2, 0.25) is 0 Å². The molecular formula is C36H67NO. The molecule has 0 aliphatic rings. The van der Waals surface area contributed by atoms with E-state index in [1.807, 2.05) is 18.2 Å². The molecule has 0 aliphatic heterocycles. The van der Waals surface area contributed by atoms with Crippen molar-refractivity contribution in [3.05, 3.63) is 36.0 Å². The van der Waals surface area contributed by atoms with Crippen LogP contribution in [0.1, 0.15) is 187 Å². The van der Waals surface area contributed by atoms with Gasteiger partial charge in [-0.2, -0.15) is 0 Å². The third kappa shape index (κ3) is 29.2. The van der Waals surface area contributed by atoms with Gasteiger partial charge in [0.1, 0.15) is 0 Å². The molecule has 0 aromatic carbocycles. The number of carbonyl (C=O) groups is 1. The highest BCUT2D eigenvalue weighted by atomic mass is 16.1. The highest BCUT2D eigenvalue weighted by Gasteiger charge is 1.98. The Kier molecular flexibility index (Phi) is 30.8. The van der Waals surface area contributed by atoms with Gasteiger partial charge in [0.15, 0.2) is 0 Å². The first-order valence-electron chi connectivity index (χ1n) is 17.1. The van der Waals surface area contributed by atoms with E-state index in [0.717, 1.165) is 12.8 Å². The summed E-state index contributed by atoms with van der Waals surface area (Å²) in [6.45, 7) is 4.57. The van der Waals surface area contributed by atoms with Crippen molar-refractivity contribution in [3.63, 3.8) is 0 Å². The molecule has 2 heteroatoms. The first kappa shape index (κ1) is 36.7. The van der Waals surface area contributed by atoms with Gasteiger partial charge in [0, 0.05) is 5.57 Å². The average Bonchev–Trinajstić information content (AvgIpc) is 2.91. The summed E-state index contributed by atoms with van der Waals surface area (Å²) in [6, 6.07) is 0. The van der Waals surface area contributed by atoms with Crippen molar-refractivity contribution >= 4 is 5.91 Å². The normalized spacial score (nSPS) is 12.3. The van der Waals surface area contributed by atoms with Gasteiger partial charge in [-0.3, -0.25) is 4.79 Å². The van der Waals surface area contributed by atoms with Crippen molar-refractivity contribution in [3.8, 4) is 0 Å². The molecule has 0 aliphatic carbocycles. The van der Waals surface area contributed by atoms with Gasteiger partial charge in [-0.15, -0.1) is 0 Å². The Morgan fingerprint density at radius 1 is 0.474 bits per heavy atom. The Balaban J connectivity index is 3.63. The van der Waals surface area contributed by atoms with Crippen LogP contribution in [0.15, 0.2) is 36.0 Å². The summed E-state index contributed by atoms with van der Waals surface area (Å²) in [4.78, 5) is 11.7. The van der Waals surface area contributed by atoms with Crippen LogP contribution in [-0.2, 0) is 4.79 Å². The molecular weight excluding hydrogens is 462 g/mol. The van der Waals surface area contributed by atoms with Crippen molar-refractivity contribution in [1.29, 1.82) is 0 Å². The number of carbonyl (C=O) groups excluding carboxylic acids is 1. The predicted molar refractivity (Wildman–Crippen MR) is 172 cm³/mol. The Hall–Kier alpha value is -1.31. The van der Waals surface area contributed by atoms with Gasteiger partial charge in [-0.05, 0) is 31.8 Å². The molecule has 0 heterocycles. The van der Waals surface area contributed by atoms with Crippen LogP contribution in [0, 0.1) is 0 Å². The van der Waals surface area contributed by atoms with Crippen LogP contribution in [0.25, 0.3) is 0 Å². The molecule has 0 aromatic rings. The lowest BCUT2D eigenvalue weighted by Gasteiger charge is -2.03. The highest BCUT2D eigenvalue weighted by Crippen LogP contribution is 2.14. The number of amides is 1. The summed E-state index contributed by atoms with van der Waals surface area (Å²) in [5, 5.41) is 0. The zero-order chi connectivity index (χ0) is 27.8. The number of hydrogen-bond donors (Lipinski definition) is 1. The number of hydrogen-bond acceptors (Lipinski definition) is 1. The lowest BCUT2D eigenvalue weighted by Crippen LogP contribution is -2.12. The standard InChI is InChI=1S/C36H67NO/c1-3-5-7-9-11-13-15-17-19-20-22-24-26-28-30-32-34-35(36(37)38)33-31-29-27-25-23-21-18-16-14-12-10-8-6-4-2/h29,31-34H,3-28,30H2,1-2H3,(H2,37,38). The van der Waals surface area contributed by atoms with Gasteiger partial charge in [-0.25, -0.2) is 0 Å². The number of unbranched alkanes of at least 4 members (excludes halogenated alkanes) is 25. The van der Waals surface area contributed by atoms with Gasteiger partial charge < -0.3 is 5.73 Å². The monoisotopic (exact) mass is 530 g/mol. The topological polar surface area (TPSA) is 43.1 Å². The largest absolute Gasteiger partial charge is 0.366 e. The molecule has 0 atom stereocenters. The molecule has 0 radical (unpaired) electrons. The van der Waals surface area contributed by atoms with E-state index in [4.69, 9.17) is 5.73 Å². The van der Waals surface area contributed by atoms with E-state index >= 15 is 0 Å². The molecule has 0 fully saturated rings. The van der Waals surface area contributed by atoms with E-state index < -0.39 is 0 Å². The van der Waals surface area contributed by atoms with Crippen LogP contribution in [-0.4, -0.2) is 5.91 Å². The lowest BCUT2D eigenvalue weighted by atomic mass is 10.0. The van der Waals surface area contributed by atoms with Gasteiger partial charge in [0.25, 0.3) is 0 Å². The zero-order valence-corrected chi connectivity index (χ0v) is 26.0. The minimum absolute atomic E-state index is 0.332. The second-order valence-corrected chi connectivity index (χ2v) is 11.5. The summed E-state index contributed by atoms with van der Waals surface area (Å²) >= 11 is 0. The zero-order valence-electron chi connectivity index (χ0n) is 26.0. The molecule has 2 N–H and O–H groups in total. The maximum atomic E-state index is 11.7. The predicted octanol–water partition coefficient (Wildman–Crippen LogP) is 12.1. The Bertz CT molecular complexity index is 574. The molecule has 0 unspecified atom stereocenters. The Morgan fingerprint density at radius 2 is 0.789 bits per heavy atom. The second kappa shape index (κ2) is 31.9. The number of primary amides is 1. The summed E-state index contributed by atoms with van der Waals surface area (Å²) in [5.74, 6) is -0.332. The SMILES string of the molecule is CCCCCCCCCCCCCC=CC=C(C=CCCCCCCCCCCCCCCCC)C(N)=O. The molecule has 0 spiro atoms. The fourth-order valence-electron chi connectivity index (χ4n) is 5.08. The smallest absolute Gasteiger partial charge is 0.248 e. The van der Waals surface area contributed by atoms with Crippen LogP contribution >= 0.6 is 0 Å². The van der Waals surface area contributed by atoms with E-state index in [2.05, 4.69) is 26.0 Å². The van der Waals surface area contributed by atoms with Crippen molar-refractivity contribution in [2.75, 3.05) is 0 Å². The Labute approximate surface area is 239 Å². The molecule has 0 rings (SSSR count). The third-order valence-corrected chi connectivity index (χ3v) is 7.69. The van der Waals surface area contributed by atoms with Crippen LogP contribution in [0.3, 0.4) is 0 Å². The van der Waals surface area contributed by atoms with Gasteiger partial charge in [-0.1, -0.05) is 186 Å². The number of nitrogens with two attached hydrogens (primary N) is 1. The summed E-state index contributed by atoms with van der Waals surface area (Å²) < 4.78 is 0.